The van der Waals surface area contributed by atoms with Crippen LogP contribution in [0.25, 0.3) is 0 Å². The molecular weight excluding hydrogens is 296 g/mol. The number of aliphatic carboxylic acids is 1. The largest absolute Gasteiger partial charge is 0.481 e. The molecule has 0 unspecified atom stereocenters. The molecule has 0 amide bonds. The molecule has 5 N–H and O–H groups in total. The number of hydrogen-bond donors (Lipinski definition) is 5. The Morgan fingerprint density at radius 2 is 1.95 bits per heavy atom. The van der Waals surface area contributed by atoms with Crippen molar-refractivity contribution in [3.05, 3.63) is 0 Å². The molecule has 0 aliphatic carbocycles. The summed E-state index contributed by atoms with van der Waals surface area (Å²) in [4.78, 5) is 10.6. The van der Waals surface area contributed by atoms with Gasteiger partial charge in [-0.15, -0.1) is 0 Å². The number of rotatable bonds is 9. The van der Waals surface area contributed by atoms with Crippen molar-refractivity contribution >= 4 is 5.97 Å². The first-order valence-electron chi connectivity index (χ1n) is 7.47. The maximum atomic E-state index is 10.6. The Morgan fingerprint density at radius 3 is 2.41 bits per heavy atom. The van der Waals surface area contributed by atoms with E-state index < -0.39 is 55.8 Å². The minimum atomic E-state index is -1.31. The highest BCUT2D eigenvalue weighted by Gasteiger charge is 2.44. The Kier molecular flexibility index (Phi) is 7.67. The van der Waals surface area contributed by atoms with Gasteiger partial charge in [-0.25, -0.2) is 0 Å². The summed E-state index contributed by atoms with van der Waals surface area (Å²) in [5.74, 6) is -1.12. The quantitative estimate of drug-likeness (QED) is 0.368. The lowest BCUT2D eigenvalue weighted by Crippen LogP contribution is -2.38. The second kappa shape index (κ2) is 8.76. The van der Waals surface area contributed by atoms with Gasteiger partial charge in [0.05, 0.1) is 25.2 Å². The number of aliphatic hydroxyl groups is 4. The molecule has 0 spiro atoms. The van der Waals surface area contributed by atoms with E-state index in [1.165, 1.54) is 0 Å². The van der Waals surface area contributed by atoms with Gasteiger partial charge in [-0.1, -0.05) is 20.3 Å². The van der Waals surface area contributed by atoms with Gasteiger partial charge in [0.25, 0.3) is 0 Å². The fourth-order valence-electron chi connectivity index (χ4n) is 2.39. The fraction of sp³-hybridized carbons (Fsp3) is 0.929. The molecule has 0 aromatic rings. The Hall–Kier alpha value is -0.770. The van der Waals surface area contributed by atoms with Crippen molar-refractivity contribution in [2.24, 2.45) is 5.92 Å². The van der Waals surface area contributed by atoms with Crippen LogP contribution in [0.5, 0.6) is 0 Å². The smallest absolute Gasteiger partial charge is 0.305 e. The van der Waals surface area contributed by atoms with Crippen LogP contribution < -0.4 is 0 Å². The van der Waals surface area contributed by atoms with E-state index in [-0.39, 0.29) is 12.3 Å². The number of hydrogen-bond acceptors (Lipinski definition) is 7. The highest BCUT2D eigenvalue weighted by molar-refractivity contribution is 5.67. The van der Waals surface area contributed by atoms with Gasteiger partial charge in [-0.2, -0.15) is 0 Å². The van der Waals surface area contributed by atoms with Gasteiger partial charge < -0.3 is 35.0 Å². The molecule has 0 aromatic heterocycles. The summed E-state index contributed by atoms with van der Waals surface area (Å²) in [5.41, 5.74) is 0. The predicted octanol–water partition coefficient (Wildman–Crippen LogP) is -0.918. The Labute approximate surface area is 129 Å². The lowest BCUT2D eigenvalue weighted by Gasteiger charge is -2.29. The Bertz CT molecular complexity index is 350. The minimum absolute atomic E-state index is 0.00966. The van der Waals surface area contributed by atoms with Crippen LogP contribution in [-0.4, -0.2) is 74.9 Å². The van der Waals surface area contributed by atoms with E-state index >= 15 is 0 Å². The third-order valence-electron chi connectivity index (χ3n) is 4.00. The zero-order valence-corrected chi connectivity index (χ0v) is 12.8. The van der Waals surface area contributed by atoms with Crippen molar-refractivity contribution in [3.8, 4) is 0 Å². The van der Waals surface area contributed by atoms with Gasteiger partial charge in [-0.3, -0.25) is 4.79 Å². The number of ether oxygens (including phenoxy) is 2. The molecule has 0 radical (unpaired) electrons. The van der Waals surface area contributed by atoms with Crippen molar-refractivity contribution < 1.29 is 39.8 Å². The summed E-state index contributed by atoms with van der Waals surface area (Å²) in [6, 6.07) is 0. The molecule has 1 aliphatic rings. The lowest BCUT2D eigenvalue weighted by atomic mass is 9.95. The van der Waals surface area contributed by atoms with Crippen LogP contribution >= 0.6 is 0 Å². The Balaban J connectivity index is 2.67. The topological polar surface area (TPSA) is 137 Å². The van der Waals surface area contributed by atoms with Gasteiger partial charge in [0, 0.05) is 6.42 Å². The third-order valence-corrected chi connectivity index (χ3v) is 4.00. The van der Waals surface area contributed by atoms with Gasteiger partial charge in [0.2, 0.25) is 0 Å². The van der Waals surface area contributed by atoms with Crippen LogP contribution in [0.15, 0.2) is 0 Å². The number of aliphatic hydroxyl groups excluding tert-OH is 4. The summed E-state index contributed by atoms with van der Waals surface area (Å²) in [6.45, 7) is 3.34. The van der Waals surface area contributed by atoms with Gasteiger partial charge in [0.15, 0.2) is 6.29 Å². The molecule has 1 heterocycles. The summed E-state index contributed by atoms with van der Waals surface area (Å²) in [6.07, 6.45) is -5.82. The summed E-state index contributed by atoms with van der Waals surface area (Å²) >= 11 is 0. The van der Waals surface area contributed by atoms with Crippen LogP contribution in [0.1, 0.15) is 33.1 Å². The standard InChI is InChI=1S/C14H26O8/c1-3-7(2)9(4-8(16)5-11(17)18)21-14-13(20)12(19)10(6-15)22-14/h7-10,12-16,19-20H,3-6H2,1-2H3,(H,17,18)/t7-,8-,9-,10+,12+,13-,14-/m1/s1. The average Bonchev–Trinajstić information content (AvgIpc) is 2.72. The van der Waals surface area contributed by atoms with Crippen LogP contribution in [0, 0.1) is 5.92 Å². The molecule has 1 rings (SSSR count). The maximum absolute atomic E-state index is 10.6. The zero-order valence-electron chi connectivity index (χ0n) is 12.8. The number of carboxylic acids is 1. The van der Waals surface area contributed by atoms with Crippen molar-refractivity contribution in [1.29, 1.82) is 0 Å². The van der Waals surface area contributed by atoms with Crippen LogP contribution in [-0.2, 0) is 14.3 Å². The van der Waals surface area contributed by atoms with E-state index in [4.69, 9.17) is 19.7 Å². The van der Waals surface area contributed by atoms with E-state index in [0.717, 1.165) is 6.42 Å². The van der Waals surface area contributed by atoms with Crippen LogP contribution in [0.2, 0.25) is 0 Å². The second-order valence-electron chi connectivity index (χ2n) is 5.75. The monoisotopic (exact) mass is 322 g/mol. The summed E-state index contributed by atoms with van der Waals surface area (Å²) in [5, 5.41) is 47.1. The highest BCUT2D eigenvalue weighted by Crippen LogP contribution is 2.27. The number of carboxylic acid groups (broad SMARTS) is 1. The van der Waals surface area contributed by atoms with Crippen molar-refractivity contribution in [3.63, 3.8) is 0 Å². The molecule has 130 valence electrons. The average molecular weight is 322 g/mol. The molecular formula is C14H26O8. The van der Waals surface area contributed by atoms with E-state index in [0.29, 0.717) is 0 Å². The summed E-state index contributed by atoms with van der Waals surface area (Å²) < 4.78 is 10.9. The maximum Gasteiger partial charge on any atom is 0.305 e. The summed E-state index contributed by atoms with van der Waals surface area (Å²) in [7, 11) is 0. The van der Waals surface area contributed by atoms with Gasteiger partial charge in [-0.05, 0) is 5.92 Å². The van der Waals surface area contributed by atoms with Crippen molar-refractivity contribution in [2.75, 3.05) is 6.61 Å². The number of carbonyl (C=O) groups is 1. The third kappa shape index (κ3) is 5.15. The molecule has 1 saturated heterocycles. The second-order valence-corrected chi connectivity index (χ2v) is 5.75. The molecule has 0 bridgehead atoms. The predicted molar refractivity (Wildman–Crippen MR) is 75.0 cm³/mol. The first kappa shape index (κ1) is 19.3. The first-order chi connectivity index (χ1) is 10.3. The van der Waals surface area contributed by atoms with Crippen molar-refractivity contribution in [2.45, 2.75) is 69.9 Å². The van der Waals surface area contributed by atoms with E-state index in [9.17, 15) is 20.1 Å². The van der Waals surface area contributed by atoms with Gasteiger partial charge >= 0.3 is 5.97 Å². The highest BCUT2D eigenvalue weighted by atomic mass is 16.7. The molecule has 8 heteroatoms. The fourth-order valence-corrected chi connectivity index (χ4v) is 2.39. The molecule has 22 heavy (non-hydrogen) atoms. The lowest BCUT2D eigenvalue weighted by molar-refractivity contribution is -0.208. The Morgan fingerprint density at radius 1 is 1.32 bits per heavy atom. The molecule has 0 saturated carbocycles. The van der Waals surface area contributed by atoms with E-state index in [1.807, 2.05) is 13.8 Å². The van der Waals surface area contributed by atoms with Gasteiger partial charge in [0.1, 0.15) is 18.3 Å². The van der Waals surface area contributed by atoms with Crippen molar-refractivity contribution in [1.82, 2.24) is 0 Å². The van der Waals surface area contributed by atoms with E-state index in [1.54, 1.807) is 0 Å². The zero-order chi connectivity index (χ0) is 16.9. The van der Waals surface area contributed by atoms with Crippen LogP contribution in [0.3, 0.4) is 0 Å². The van der Waals surface area contributed by atoms with E-state index in [2.05, 4.69) is 0 Å². The molecule has 0 aromatic carbocycles. The SMILES string of the molecule is CC[C@@H](C)[C@@H](C[C@@H](O)CC(=O)O)O[C@@H]1O[C@@H](CO)[C@H](O)[C@H]1O. The molecule has 7 atom stereocenters. The molecule has 1 fully saturated rings. The minimum Gasteiger partial charge on any atom is -0.481 e. The first-order valence-corrected chi connectivity index (χ1v) is 7.47. The molecule has 8 nitrogen and oxygen atoms in total. The normalized spacial score (nSPS) is 32.6. The van der Waals surface area contributed by atoms with Crippen LogP contribution in [0.4, 0.5) is 0 Å². The molecule has 1 aliphatic heterocycles.